The van der Waals surface area contributed by atoms with Crippen LogP contribution < -0.4 is 11.2 Å². The number of aryl methyl sites for hydroxylation is 2. The van der Waals surface area contributed by atoms with Crippen LogP contribution in [0.3, 0.4) is 0 Å². The first kappa shape index (κ1) is 20.6. The first-order valence-corrected chi connectivity index (χ1v) is 10.8. The highest BCUT2D eigenvalue weighted by atomic mass is 35.5. The van der Waals surface area contributed by atoms with Crippen LogP contribution in [0.4, 0.5) is 0 Å². The lowest BCUT2D eigenvalue weighted by molar-refractivity contribution is 0.708. The maximum Gasteiger partial charge on any atom is 0.332 e. The fourth-order valence-corrected chi connectivity index (χ4v) is 4.48. The zero-order valence-electron chi connectivity index (χ0n) is 17.6. The number of hydrogen-bond donors (Lipinski definition) is 0. The van der Waals surface area contributed by atoms with Crippen molar-refractivity contribution < 1.29 is 0 Å². The van der Waals surface area contributed by atoms with Gasteiger partial charge in [-0.3, -0.25) is 22.9 Å². The van der Waals surface area contributed by atoms with Crippen LogP contribution in [0.5, 0.6) is 0 Å². The van der Waals surface area contributed by atoms with Crippen LogP contribution in [0.25, 0.3) is 33.9 Å². The lowest BCUT2D eigenvalue weighted by Crippen LogP contribution is -2.37. The molecule has 0 saturated carbocycles. The summed E-state index contributed by atoms with van der Waals surface area (Å²) in [6, 6.07) is 13.4. The van der Waals surface area contributed by atoms with E-state index in [1.165, 1.54) is 17.2 Å². The van der Waals surface area contributed by atoms with Crippen LogP contribution in [0.1, 0.15) is 12.5 Å². The average Bonchev–Trinajstić information content (AvgIpc) is 3.33. The molecule has 5 aromatic rings. The van der Waals surface area contributed by atoms with Gasteiger partial charge in [-0.05, 0) is 30.2 Å². The van der Waals surface area contributed by atoms with Crippen molar-refractivity contribution in [1.29, 1.82) is 0 Å². The summed E-state index contributed by atoms with van der Waals surface area (Å²) >= 11 is 12.7. The van der Waals surface area contributed by atoms with Crippen molar-refractivity contribution in [3.8, 4) is 16.9 Å². The predicted molar refractivity (Wildman–Crippen MR) is 127 cm³/mol. The van der Waals surface area contributed by atoms with Gasteiger partial charge < -0.3 is 0 Å². The third kappa shape index (κ3) is 2.92. The Kier molecular flexibility index (Phi) is 4.76. The van der Waals surface area contributed by atoms with Gasteiger partial charge in [-0.15, -0.1) is 0 Å². The molecule has 0 unspecified atom stereocenters. The van der Waals surface area contributed by atoms with E-state index >= 15 is 0 Å². The minimum atomic E-state index is -0.435. The van der Waals surface area contributed by atoms with E-state index in [1.807, 2.05) is 29.0 Å². The molecule has 0 atom stereocenters. The Morgan fingerprint density at radius 1 is 0.969 bits per heavy atom. The lowest BCUT2D eigenvalue weighted by Gasteiger charge is -2.11. The Hall–Kier alpha value is -3.29. The van der Waals surface area contributed by atoms with Crippen molar-refractivity contribution in [3.05, 3.63) is 85.1 Å². The van der Waals surface area contributed by atoms with Gasteiger partial charge in [0, 0.05) is 30.9 Å². The van der Waals surface area contributed by atoms with Crippen molar-refractivity contribution in [2.24, 2.45) is 14.1 Å². The number of imidazole rings is 2. The van der Waals surface area contributed by atoms with Crippen LogP contribution in [0.2, 0.25) is 10.0 Å². The molecule has 0 saturated heterocycles. The van der Waals surface area contributed by atoms with Crippen molar-refractivity contribution in [1.82, 2.24) is 23.1 Å². The molecule has 0 aliphatic carbocycles. The van der Waals surface area contributed by atoms with Crippen molar-refractivity contribution in [3.63, 3.8) is 0 Å². The highest BCUT2D eigenvalue weighted by Crippen LogP contribution is 2.33. The molecule has 9 heteroatoms. The van der Waals surface area contributed by atoms with Crippen LogP contribution in [0.15, 0.2) is 58.3 Å². The highest BCUT2D eigenvalue weighted by molar-refractivity contribution is 6.35. The molecule has 0 aliphatic heterocycles. The van der Waals surface area contributed by atoms with Gasteiger partial charge in [0.05, 0.1) is 16.4 Å². The highest BCUT2D eigenvalue weighted by Gasteiger charge is 2.22. The van der Waals surface area contributed by atoms with Crippen LogP contribution >= 0.6 is 23.2 Å². The van der Waals surface area contributed by atoms with Gasteiger partial charge in [-0.1, -0.05) is 54.4 Å². The topological polar surface area (TPSA) is 66.2 Å². The molecule has 162 valence electrons. The second kappa shape index (κ2) is 7.39. The van der Waals surface area contributed by atoms with Gasteiger partial charge in [0.15, 0.2) is 11.2 Å². The fourth-order valence-electron chi connectivity index (χ4n) is 3.99. The van der Waals surface area contributed by atoms with E-state index in [0.717, 1.165) is 22.2 Å². The average molecular weight is 468 g/mol. The molecule has 3 heterocycles. The van der Waals surface area contributed by atoms with Crippen LogP contribution in [-0.4, -0.2) is 23.1 Å². The third-order valence-electron chi connectivity index (χ3n) is 5.77. The number of aromatic nitrogens is 5. The molecule has 0 N–H and O–H groups in total. The fraction of sp³-hybridized carbons (Fsp3) is 0.174. The maximum atomic E-state index is 13.0. The smallest absolute Gasteiger partial charge is 0.279 e. The first-order valence-electron chi connectivity index (χ1n) is 10.1. The summed E-state index contributed by atoms with van der Waals surface area (Å²) in [5, 5.41) is 0.955. The molecule has 2 aromatic carbocycles. The first-order chi connectivity index (χ1) is 15.3. The molecule has 0 radical (unpaired) electrons. The number of hydrogen-bond acceptors (Lipinski definition) is 3. The van der Waals surface area contributed by atoms with Crippen molar-refractivity contribution in [2.75, 3.05) is 0 Å². The van der Waals surface area contributed by atoms with Crippen LogP contribution in [-0.2, 0) is 20.5 Å². The molecule has 32 heavy (non-hydrogen) atoms. The van der Waals surface area contributed by atoms with E-state index in [-0.39, 0.29) is 0 Å². The summed E-state index contributed by atoms with van der Waals surface area (Å²) in [6.07, 6.45) is 2.78. The molecule has 0 bridgehead atoms. The standard InChI is InChI=1S/C23H19Cl2N5O2/c1-4-13-5-7-14(8-6-13)18-12-29-19-20(27(2)23(32)28(3)21(19)31)26-22(29)30(18)17-10-9-15(24)11-16(17)25/h5-12H,4H2,1-3H3. The normalized spacial score (nSPS) is 11.7. The van der Waals surface area contributed by atoms with Gasteiger partial charge >= 0.3 is 5.69 Å². The van der Waals surface area contributed by atoms with Gasteiger partial charge in [0.1, 0.15) is 0 Å². The Bertz CT molecular complexity index is 1640. The zero-order valence-corrected chi connectivity index (χ0v) is 19.1. The number of rotatable bonds is 3. The number of fused-ring (bicyclic) bond motifs is 3. The monoisotopic (exact) mass is 467 g/mol. The van der Waals surface area contributed by atoms with E-state index in [2.05, 4.69) is 24.0 Å². The Balaban J connectivity index is 1.94. The number of benzene rings is 2. The van der Waals surface area contributed by atoms with E-state index < -0.39 is 11.2 Å². The minimum Gasteiger partial charge on any atom is -0.279 e. The van der Waals surface area contributed by atoms with Crippen molar-refractivity contribution >= 4 is 40.1 Å². The van der Waals surface area contributed by atoms with Gasteiger partial charge in [0.25, 0.3) is 5.56 Å². The van der Waals surface area contributed by atoms with E-state index in [9.17, 15) is 9.59 Å². The summed E-state index contributed by atoms with van der Waals surface area (Å²) in [5.74, 6) is 0.470. The number of halogens is 2. The Labute approximate surface area is 192 Å². The molecule has 0 aliphatic rings. The zero-order chi connectivity index (χ0) is 22.7. The predicted octanol–water partition coefficient (Wildman–Crippen LogP) is 4.21. The third-order valence-corrected chi connectivity index (χ3v) is 6.31. The van der Waals surface area contributed by atoms with Crippen molar-refractivity contribution in [2.45, 2.75) is 13.3 Å². The van der Waals surface area contributed by atoms with Gasteiger partial charge in [-0.2, -0.15) is 4.98 Å². The summed E-state index contributed by atoms with van der Waals surface area (Å²) in [5.41, 5.74) is 3.40. The molecule has 5 rings (SSSR count). The quantitative estimate of drug-likeness (QED) is 0.399. The van der Waals surface area contributed by atoms with Crippen LogP contribution in [0, 0.1) is 0 Å². The minimum absolute atomic E-state index is 0.305. The largest absolute Gasteiger partial charge is 0.332 e. The molecule has 0 fully saturated rings. The number of nitrogens with zero attached hydrogens (tertiary/aromatic N) is 5. The lowest BCUT2D eigenvalue weighted by atomic mass is 10.1. The van der Waals surface area contributed by atoms with E-state index in [1.54, 1.807) is 23.6 Å². The summed E-state index contributed by atoms with van der Waals surface area (Å²) in [6.45, 7) is 2.10. The molecular formula is C23H19Cl2N5O2. The summed E-state index contributed by atoms with van der Waals surface area (Å²) in [4.78, 5) is 30.1. The molecular weight excluding hydrogens is 449 g/mol. The molecule has 0 amide bonds. The SMILES string of the molecule is CCc1ccc(-c2cn3c4c(=O)n(C)c(=O)n(C)c4nc3n2-c2ccc(Cl)cc2Cl)cc1. The summed E-state index contributed by atoms with van der Waals surface area (Å²) in [7, 11) is 3.06. The maximum absolute atomic E-state index is 13.0. The summed E-state index contributed by atoms with van der Waals surface area (Å²) < 4.78 is 6.04. The Morgan fingerprint density at radius 3 is 2.34 bits per heavy atom. The second-order valence-electron chi connectivity index (χ2n) is 7.66. The van der Waals surface area contributed by atoms with E-state index in [0.29, 0.717) is 32.7 Å². The van der Waals surface area contributed by atoms with Gasteiger partial charge in [-0.25, -0.2) is 4.79 Å². The van der Waals surface area contributed by atoms with E-state index in [4.69, 9.17) is 23.2 Å². The molecule has 3 aromatic heterocycles. The molecule has 0 spiro atoms. The second-order valence-corrected chi connectivity index (χ2v) is 8.50. The van der Waals surface area contributed by atoms with Gasteiger partial charge in [0.2, 0.25) is 5.78 Å². The molecule has 7 nitrogen and oxygen atoms in total. The Morgan fingerprint density at radius 2 is 1.69 bits per heavy atom.